The molecule has 0 unspecified atom stereocenters. The molecule has 1 amide bonds. The summed E-state index contributed by atoms with van der Waals surface area (Å²) in [7, 11) is 0. The van der Waals surface area contributed by atoms with Crippen molar-refractivity contribution in [2.45, 2.75) is 57.2 Å². The van der Waals surface area contributed by atoms with Crippen molar-refractivity contribution in [1.29, 1.82) is 0 Å². The molecule has 0 N–H and O–H groups in total. The molecular formula is C20H31N3O2. The number of hydrogen-bond acceptors (Lipinski definition) is 4. The van der Waals surface area contributed by atoms with E-state index in [0.717, 1.165) is 76.9 Å². The molecule has 0 atom stereocenters. The first kappa shape index (κ1) is 18.3. The van der Waals surface area contributed by atoms with Crippen molar-refractivity contribution in [2.24, 2.45) is 0 Å². The van der Waals surface area contributed by atoms with Gasteiger partial charge in [-0.1, -0.05) is 6.07 Å². The Hall–Kier alpha value is -1.46. The van der Waals surface area contributed by atoms with Crippen LogP contribution in [-0.4, -0.2) is 65.1 Å². The third kappa shape index (κ3) is 5.02. The normalized spacial score (nSPS) is 21.7. The highest BCUT2D eigenvalue weighted by Gasteiger charge is 2.48. The Bertz CT molecular complexity index is 551. The molecule has 2 fully saturated rings. The second-order valence-electron chi connectivity index (χ2n) is 7.82. The summed E-state index contributed by atoms with van der Waals surface area (Å²) >= 11 is 0. The minimum Gasteiger partial charge on any atom is -0.367 e. The van der Waals surface area contributed by atoms with E-state index in [0.29, 0.717) is 0 Å². The summed E-state index contributed by atoms with van der Waals surface area (Å²) in [6.45, 7) is 8.79. The van der Waals surface area contributed by atoms with Crippen LogP contribution in [-0.2, 0) is 16.0 Å². The highest BCUT2D eigenvalue weighted by atomic mass is 16.5. The van der Waals surface area contributed by atoms with Crippen molar-refractivity contribution >= 4 is 6.41 Å². The molecule has 1 aromatic rings. The maximum atomic E-state index is 11.3. The third-order valence-electron chi connectivity index (χ3n) is 5.64. The molecular weight excluding hydrogens is 314 g/mol. The summed E-state index contributed by atoms with van der Waals surface area (Å²) in [5.41, 5.74) is 1.02. The summed E-state index contributed by atoms with van der Waals surface area (Å²) in [4.78, 5) is 20.1. The SMILES string of the molecule is CCN(C=O)CC1(OC2(C)CC2)CCN(CCc2ccccn2)CC1. The van der Waals surface area contributed by atoms with Crippen LogP contribution in [0.2, 0.25) is 0 Å². The van der Waals surface area contributed by atoms with E-state index in [1.807, 2.05) is 30.2 Å². The van der Waals surface area contributed by atoms with Crippen LogP contribution in [0.1, 0.15) is 45.2 Å². The van der Waals surface area contributed by atoms with Crippen LogP contribution in [0.5, 0.6) is 0 Å². The van der Waals surface area contributed by atoms with E-state index in [1.54, 1.807) is 0 Å². The standard InChI is InChI=1S/C20H31N3O2/c1-3-22(17-24)16-20(25-19(2)8-9-19)10-14-23(15-11-20)13-7-18-6-4-5-12-21-18/h4-6,12,17H,3,7-11,13-16H2,1-2H3. The van der Waals surface area contributed by atoms with Gasteiger partial charge >= 0.3 is 0 Å². The molecule has 1 saturated heterocycles. The molecule has 2 heterocycles. The van der Waals surface area contributed by atoms with Crippen molar-refractivity contribution in [3.8, 4) is 0 Å². The average molecular weight is 345 g/mol. The number of ether oxygens (including phenoxy) is 1. The molecule has 138 valence electrons. The van der Waals surface area contributed by atoms with E-state index < -0.39 is 0 Å². The van der Waals surface area contributed by atoms with Crippen LogP contribution in [0.15, 0.2) is 24.4 Å². The van der Waals surface area contributed by atoms with Gasteiger partial charge < -0.3 is 14.5 Å². The zero-order chi connectivity index (χ0) is 17.8. The van der Waals surface area contributed by atoms with E-state index in [9.17, 15) is 4.79 Å². The molecule has 1 aromatic heterocycles. The minimum absolute atomic E-state index is 0.0401. The highest BCUT2D eigenvalue weighted by Crippen LogP contribution is 2.45. The Morgan fingerprint density at radius 3 is 2.60 bits per heavy atom. The fourth-order valence-corrected chi connectivity index (χ4v) is 3.69. The minimum atomic E-state index is -0.177. The Morgan fingerprint density at radius 2 is 2.04 bits per heavy atom. The van der Waals surface area contributed by atoms with E-state index in [4.69, 9.17) is 4.74 Å². The summed E-state index contributed by atoms with van der Waals surface area (Å²) < 4.78 is 6.58. The van der Waals surface area contributed by atoms with Crippen LogP contribution in [0.3, 0.4) is 0 Å². The molecule has 3 rings (SSSR count). The lowest BCUT2D eigenvalue weighted by molar-refractivity contribution is -0.148. The van der Waals surface area contributed by atoms with Crippen LogP contribution in [0, 0.1) is 0 Å². The molecule has 0 spiro atoms. The zero-order valence-electron chi connectivity index (χ0n) is 15.6. The van der Waals surface area contributed by atoms with Gasteiger partial charge in [0.1, 0.15) is 0 Å². The van der Waals surface area contributed by atoms with Gasteiger partial charge in [-0.05, 0) is 51.7 Å². The molecule has 1 aliphatic carbocycles. The number of amides is 1. The highest BCUT2D eigenvalue weighted by molar-refractivity contribution is 5.47. The van der Waals surface area contributed by atoms with Crippen LogP contribution < -0.4 is 0 Å². The molecule has 1 aliphatic heterocycles. The Kier molecular flexibility index (Phi) is 5.74. The van der Waals surface area contributed by atoms with Crippen LogP contribution in [0.25, 0.3) is 0 Å². The number of carbonyl (C=O) groups is 1. The molecule has 0 radical (unpaired) electrons. The molecule has 0 aromatic carbocycles. The third-order valence-corrected chi connectivity index (χ3v) is 5.64. The van der Waals surface area contributed by atoms with Gasteiger partial charge in [0.25, 0.3) is 0 Å². The number of piperidine rings is 1. The second kappa shape index (κ2) is 7.83. The Balaban J connectivity index is 1.55. The van der Waals surface area contributed by atoms with Gasteiger partial charge in [-0.25, -0.2) is 0 Å². The lowest BCUT2D eigenvalue weighted by Gasteiger charge is -2.45. The van der Waals surface area contributed by atoms with Crippen molar-refractivity contribution in [3.63, 3.8) is 0 Å². The fourth-order valence-electron chi connectivity index (χ4n) is 3.69. The number of nitrogens with zero attached hydrogens (tertiary/aromatic N) is 3. The first-order valence-corrected chi connectivity index (χ1v) is 9.58. The first-order valence-electron chi connectivity index (χ1n) is 9.58. The quantitative estimate of drug-likeness (QED) is 0.645. The number of hydrogen-bond donors (Lipinski definition) is 0. The van der Waals surface area contributed by atoms with E-state index in [1.165, 1.54) is 0 Å². The summed E-state index contributed by atoms with van der Waals surface area (Å²) in [5.74, 6) is 0. The number of pyridine rings is 1. The maximum absolute atomic E-state index is 11.3. The number of aromatic nitrogens is 1. The zero-order valence-corrected chi connectivity index (χ0v) is 15.6. The number of rotatable bonds is 9. The molecule has 0 bridgehead atoms. The lowest BCUT2D eigenvalue weighted by Crippen LogP contribution is -2.54. The molecule has 25 heavy (non-hydrogen) atoms. The lowest BCUT2D eigenvalue weighted by atomic mass is 9.89. The monoisotopic (exact) mass is 345 g/mol. The van der Waals surface area contributed by atoms with E-state index in [2.05, 4.69) is 22.9 Å². The van der Waals surface area contributed by atoms with Gasteiger partial charge in [-0.3, -0.25) is 9.78 Å². The van der Waals surface area contributed by atoms with E-state index in [-0.39, 0.29) is 11.2 Å². The van der Waals surface area contributed by atoms with Gasteiger partial charge in [-0.2, -0.15) is 0 Å². The van der Waals surface area contributed by atoms with Crippen molar-refractivity contribution < 1.29 is 9.53 Å². The Morgan fingerprint density at radius 1 is 1.28 bits per heavy atom. The van der Waals surface area contributed by atoms with Crippen LogP contribution >= 0.6 is 0 Å². The summed E-state index contributed by atoms with van der Waals surface area (Å²) in [6.07, 6.45) is 8.09. The molecule has 5 nitrogen and oxygen atoms in total. The van der Waals surface area contributed by atoms with Gasteiger partial charge in [0.05, 0.1) is 11.2 Å². The molecule has 1 saturated carbocycles. The number of likely N-dealkylation sites (N-methyl/N-ethyl adjacent to an activating group) is 1. The summed E-state index contributed by atoms with van der Waals surface area (Å²) in [5, 5.41) is 0. The van der Waals surface area contributed by atoms with Gasteiger partial charge in [0.15, 0.2) is 0 Å². The van der Waals surface area contributed by atoms with Crippen LogP contribution in [0.4, 0.5) is 0 Å². The fraction of sp³-hybridized carbons (Fsp3) is 0.700. The molecule has 5 heteroatoms. The maximum Gasteiger partial charge on any atom is 0.209 e. The van der Waals surface area contributed by atoms with Gasteiger partial charge in [0.2, 0.25) is 6.41 Å². The molecule has 2 aliphatic rings. The largest absolute Gasteiger partial charge is 0.367 e. The van der Waals surface area contributed by atoms with Gasteiger partial charge in [0, 0.05) is 51.0 Å². The van der Waals surface area contributed by atoms with Gasteiger partial charge in [-0.15, -0.1) is 0 Å². The second-order valence-corrected chi connectivity index (χ2v) is 7.82. The predicted molar refractivity (Wildman–Crippen MR) is 98.4 cm³/mol. The van der Waals surface area contributed by atoms with Crippen molar-refractivity contribution in [3.05, 3.63) is 30.1 Å². The smallest absolute Gasteiger partial charge is 0.209 e. The van der Waals surface area contributed by atoms with Crippen molar-refractivity contribution in [2.75, 3.05) is 32.7 Å². The Labute approximate surface area is 151 Å². The summed E-state index contributed by atoms with van der Waals surface area (Å²) in [6, 6.07) is 6.10. The number of likely N-dealkylation sites (tertiary alicyclic amines) is 1. The number of carbonyl (C=O) groups excluding carboxylic acids is 1. The van der Waals surface area contributed by atoms with E-state index >= 15 is 0 Å². The average Bonchev–Trinajstić information content (AvgIpc) is 3.36. The first-order chi connectivity index (χ1) is 12.1. The predicted octanol–water partition coefficient (Wildman–Crippen LogP) is 2.51. The topological polar surface area (TPSA) is 45.7 Å². The van der Waals surface area contributed by atoms with Crippen molar-refractivity contribution in [1.82, 2.24) is 14.8 Å².